The maximum absolute atomic E-state index is 11.3. The number of nitrogens with one attached hydrogen (secondary N) is 1. The molecule has 0 aromatic heterocycles. The minimum Gasteiger partial charge on any atom is -0.355 e. The van der Waals surface area contributed by atoms with Gasteiger partial charge in [-0.25, -0.2) is 0 Å². The average Bonchev–Trinajstić information content (AvgIpc) is 2.52. The van der Waals surface area contributed by atoms with Crippen molar-refractivity contribution < 1.29 is 4.79 Å². The van der Waals surface area contributed by atoms with Crippen molar-refractivity contribution in [2.24, 2.45) is 0 Å². The van der Waals surface area contributed by atoms with Crippen molar-refractivity contribution in [3.63, 3.8) is 0 Å². The molecule has 1 aromatic rings. The van der Waals surface area contributed by atoms with Gasteiger partial charge in [0.15, 0.2) is 0 Å². The fourth-order valence-electron chi connectivity index (χ4n) is 2.09. The van der Waals surface area contributed by atoms with Crippen LogP contribution in [0.15, 0.2) is 18.2 Å². The summed E-state index contributed by atoms with van der Waals surface area (Å²) in [6.45, 7) is 7.13. The number of hydrogen-bond acceptors (Lipinski definition) is 1. The molecule has 1 aliphatic heterocycles. The monoisotopic (exact) mass is 203 g/mol. The van der Waals surface area contributed by atoms with Gasteiger partial charge in [-0.3, -0.25) is 4.79 Å². The fourth-order valence-corrected chi connectivity index (χ4v) is 2.09. The Balaban J connectivity index is 2.37. The second-order valence-electron chi connectivity index (χ2n) is 4.81. The van der Waals surface area contributed by atoms with E-state index in [2.05, 4.69) is 44.3 Å². The molecule has 0 saturated carbocycles. The van der Waals surface area contributed by atoms with Crippen LogP contribution in [0.5, 0.6) is 0 Å². The van der Waals surface area contributed by atoms with Crippen molar-refractivity contribution in [2.75, 3.05) is 6.54 Å². The highest BCUT2D eigenvalue weighted by Gasteiger charge is 2.35. The number of benzene rings is 1. The standard InChI is InChI=1S/C13H17NO/c1-9-4-5-11(6-10(9)2)13(3)7-12(15)14-8-13/h4-6H,7-8H2,1-3H3,(H,14,15). The maximum Gasteiger partial charge on any atom is 0.220 e. The molecular weight excluding hydrogens is 186 g/mol. The van der Waals surface area contributed by atoms with Gasteiger partial charge in [-0.15, -0.1) is 0 Å². The molecule has 2 nitrogen and oxygen atoms in total. The first kappa shape index (κ1) is 10.2. The molecule has 2 heteroatoms. The van der Waals surface area contributed by atoms with Crippen molar-refractivity contribution in [3.05, 3.63) is 34.9 Å². The summed E-state index contributed by atoms with van der Waals surface area (Å²) in [5.41, 5.74) is 3.85. The third-order valence-electron chi connectivity index (χ3n) is 3.43. The van der Waals surface area contributed by atoms with Gasteiger partial charge in [0, 0.05) is 18.4 Å². The summed E-state index contributed by atoms with van der Waals surface area (Å²) in [4.78, 5) is 11.3. The summed E-state index contributed by atoms with van der Waals surface area (Å²) in [6, 6.07) is 6.48. The molecule has 1 amide bonds. The Morgan fingerprint density at radius 1 is 1.27 bits per heavy atom. The summed E-state index contributed by atoms with van der Waals surface area (Å²) in [6.07, 6.45) is 0.607. The van der Waals surface area contributed by atoms with Crippen molar-refractivity contribution >= 4 is 5.91 Å². The zero-order valence-electron chi connectivity index (χ0n) is 9.55. The lowest BCUT2D eigenvalue weighted by atomic mass is 9.80. The van der Waals surface area contributed by atoms with Crippen LogP contribution >= 0.6 is 0 Å². The second kappa shape index (κ2) is 3.37. The molecule has 0 radical (unpaired) electrons. The summed E-state index contributed by atoms with van der Waals surface area (Å²) >= 11 is 0. The van der Waals surface area contributed by atoms with Crippen LogP contribution in [0.1, 0.15) is 30.0 Å². The molecule has 80 valence electrons. The van der Waals surface area contributed by atoms with Gasteiger partial charge in [0.05, 0.1) is 0 Å². The normalized spacial score (nSPS) is 25.4. The van der Waals surface area contributed by atoms with E-state index in [4.69, 9.17) is 0 Å². The van der Waals surface area contributed by atoms with Crippen molar-refractivity contribution in [3.8, 4) is 0 Å². The van der Waals surface area contributed by atoms with Gasteiger partial charge < -0.3 is 5.32 Å². The van der Waals surface area contributed by atoms with Crippen LogP contribution in [0.25, 0.3) is 0 Å². The van der Waals surface area contributed by atoms with E-state index in [0.717, 1.165) is 6.54 Å². The van der Waals surface area contributed by atoms with Gasteiger partial charge in [-0.1, -0.05) is 25.1 Å². The average molecular weight is 203 g/mol. The molecule has 1 atom stereocenters. The lowest BCUT2D eigenvalue weighted by Crippen LogP contribution is -2.25. The van der Waals surface area contributed by atoms with Gasteiger partial charge >= 0.3 is 0 Å². The van der Waals surface area contributed by atoms with Gasteiger partial charge in [0.25, 0.3) is 0 Å². The summed E-state index contributed by atoms with van der Waals surface area (Å²) in [5.74, 6) is 0.163. The predicted octanol–water partition coefficient (Wildman–Crippen LogP) is 2.08. The molecule has 0 spiro atoms. The van der Waals surface area contributed by atoms with E-state index in [1.807, 2.05) is 0 Å². The fraction of sp³-hybridized carbons (Fsp3) is 0.462. The molecule has 1 saturated heterocycles. The number of amides is 1. The lowest BCUT2D eigenvalue weighted by Gasteiger charge is -2.22. The third-order valence-corrected chi connectivity index (χ3v) is 3.43. The van der Waals surface area contributed by atoms with E-state index >= 15 is 0 Å². The van der Waals surface area contributed by atoms with Gasteiger partial charge in [-0.2, -0.15) is 0 Å². The number of aryl methyl sites for hydroxylation is 2. The Morgan fingerprint density at radius 3 is 2.53 bits per heavy atom. The molecule has 1 unspecified atom stereocenters. The Kier molecular flexibility index (Phi) is 2.29. The molecule has 1 aromatic carbocycles. The molecule has 1 heterocycles. The van der Waals surface area contributed by atoms with Crippen LogP contribution < -0.4 is 5.32 Å². The van der Waals surface area contributed by atoms with Crippen molar-refractivity contribution in [1.29, 1.82) is 0 Å². The van der Waals surface area contributed by atoms with Crippen molar-refractivity contribution in [2.45, 2.75) is 32.6 Å². The topological polar surface area (TPSA) is 29.1 Å². The minimum atomic E-state index is -0.0183. The van der Waals surface area contributed by atoms with E-state index in [9.17, 15) is 4.79 Å². The molecule has 0 aliphatic carbocycles. The highest BCUT2D eigenvalue weighted by Crippen LogP contribution is 2.31. The minimum absolute atomic E-state index is 0.0183. The zero-order valence-corrected chi connectivity index (χ0v) is 9.55. The van der Waals surface area contributed by atoms with E-state index < -0.39 is 0 Å². The third kappa shape index (κ3) is 1.76. The lowest BCUT2D eigenvalue weighted by molar-refractivity contribution is -0.119. The summed E-state index contributed by atoms with van der Waals surface area (Å²) in [5, 5.41) is 2.90. The van der Waals surface area contributed by atoms with E-state index in [0.29, 0.717) is 6.42 Å². The Morgan fingerprint density at radius 2 is 2.00 bits per heavy atom. The largest absolute Gasteiger partial charge is 0.355 e. The van der Waals surface area contributed by atoms with Crippen LogP contribution in [0, 0.1) is 13.8 Å². The first-order chi connectivity index (χ1) is 7.01. The first-order valence-electron chi connectivity index (χ1n) is 5.36. The summed E-state index contributed by atoms with van der Waals surface area (Å²) < 4.78 is 0. The van der Waals surface area contributed by atoms with Crippen LogP contribution in [0.3, 0.4) is 0 Å². The quantitative estimate of drug-likeness (QED) is 0.744. The highest BCUT2D eigenvalue weighted by molar-refractivity contribution is 5.80. The molecule has 0 bridgehead atoms. The Labute approximate surface area is 90.7 Å². The Bertz CT molecular complexity index is 411. The van der Waals surface area contributed by atoms with Gasteiger partial charge in [0.2, 0.25) is 5.91 Å². The smallest absolute Gasteiger partial charge is 0.220 e. The van der Waals surface area contributed by atoms with Gasteiger partial charge in [-0.05, 0) is 30.5 Å². The molecule has 1 fully saturated rings. The Hall–Kier alpha value is -1.31. The van der Waals surface area contributed by atoms with Crippen LogP contribution in [-0.2, 0) is 10.2 Å². The molecule has 1 N–H and O–H groups in total. The molecule has 1 aliphatic rings. The van der Waals surface area contributed by atoms with Crippen LogP contribution in [0.2, 0.25) is 0 Å². The SMILES string of the molecule is Cc1ccc(C2(C)CNC(=O)C2)cc1C. The van der Waals surface area contributed by atoms with Gasteiger partial charge in [0.1, 0.15) is 0 Å². The van der Waals surface area contributed by atoms with Crippen LogP contribution in [-0.4, -0.2) is 12.5 Å². The molecule has 2 rings (SSSR count). The highest BCUT2D eigenvalue weighted by atomic mass is 16.1. The number of carbonyl (C=O) groups is 1. The van der Waals surface area contributed by atoms with E-state index in [-0.39, 0.29) is 11.3 Å². The van der Waals surface area contributed by atoms with Crippen LogP contribution in [0.4, 0.5) is 0 Å². The predicted molar refractivity (Wildman–Crippen MR) is 60.9 cm³/mol. The first-order valence-corrected chi connectivity index (χ1v) is 5.36. The molecular formula is C13H17NO. The molecule has 15 heavy (non-hydrogen) atoms. The number of hydrogen-bond donors (Lipinski definition) is 1. The van der Waals surface area contributed by atoms with E-state index in [1.54, 1.807) is 0 Å². The summed E-state index contributed by atoms with van der Waals surface area (Å²) in [7, 11) is 0. The zero-order chi connectivity index (χ0) is 11.1. The number of rotatable bonds is 1. The maximum atomic E-state index is 11.3. The second-order valence-corrected chi connectivity index (χ2v) is 4.81. The van der Waals surface area contributed by atoms with Crippen molar-refractivity contribution in [1.82, 2.24) is 5.32 Å². The number of carbonyl (C=O) groups excluding carboxylic acids is 1. The van der Waals surface area contributed by atoms with E-state index in [1.165, 1.54) is 16.7 Å².